The molecule has 4 rings (SSSR count). The highest BCUT2D eigenvalue weighted by Gasteiger charge is 2.16. The molecule has 1 aliphatic heterocycles. The standard InChI is InChI=1S/C24H29N3O2S/c1-16-8-10-27(11-9-16)14-19-5-6-20-22(13-19)30-24(25-20)26-23(28)15-29-21-7-4-17(2)12-18(21)3/h4-7,12-13,16H,8-11,14-15H2,1-3H3,(H,25,26,28). The maximum Gasteiger partial charge on any atom is 0.264 e. The molecule has 5 nitrogen and oxygen atoms in total. The fraction of sp³-hybridized carbons (Fsp3) is 0.417. The fourth-order valence-electron chi connectivity index (χ4n) is 3.86. The first-order chi connectivity index (χ1) is 14.5. The maximum absolute atomic E-state index is 12.3. The molecule has 3 aromatic rings. The number of likely N-dealkylation sites (tertiary alicyclic amines) is 1. The van der Waals surface area contributed by atoms with Crippen molar-refractivity contribution >= 4 is 32.6 Å². The Balaban J connectivity index is 1.35. The van der Waals surface area contributed by atoms with Crippen LogP contribution in [0.5, 0.6) is 5.75 Å². The molecule has 0 atom stereocenters. The van der Waals surface area contributed by atoms with Gasteiger partial charge in [0.05, 0.1) is 10.2 Å². The second-order valence-electron chi connectivity index (χ2n) is 8.39. The number of nitrogens with zero attached hydrogens (tertiary/aromatic N) is 2. The summed E-state index contributed by atoms with van der Waals surface area (Å²) in [7, 11) is 0. The van der Waals surface area contributed by atoms with Gasteiger partial charge >= 0.3 is 0 Å². The summed E-state index contributed by atoms with van der Waals surface area (Å²) < 4.78 is 6.77. The van der Waals surface area contributed by atoms with Gasteiger partial charge in [-0.05, 0) is 75.0 Å². The Labute approximate surface area is 182 Å². The van der Waals surface area contributed by atoms with E-state index in [2.05, 4.69) is 40.3 Å². The second-order valence-corrected chi connectivity index (χ2v) is 9.42. The van der Waals surface area contributed by atoms with Gasteiger partial charge in [0.15, 0.2) is 11.7 Å². The minimum absolute atomic E-state index is 0.0293. The summed E-state index contributed by atoms with van der Waals surface area (Å²) in [6, 6.07) is 12.3. The summed E-state index contributed by atoms with van der Waals surface area (Å²) in [5.41, 5.74) is 4.42. The average molecular weight is 424 g/mol. The number of carbonyl (C=O) groups is 1. The van der Waals surface area contributed by atoms with Crippen molar-refractivity contribution in [2.24, 2.45) is 5.92 Å². The molecule has 1 saturated heterocycles. The Kier molecular flexibility index (Phi) is 6.35. The lowest BCUT2D eigenvalue weighted by atomic mass is 9.99. The number of thiazole rings is 1. The number of hydrogen-bond donors (Lipinski definition) is 1. The number of aromatic nitrogens is 1. The van der Waals surface area contributed by atoms with Crippen LogP contribution in [0.25, 0.3) is 10.2 Å². The van der Waals surface area contributed by atoms with Crippen LogP contribution in [-0.2, 0) is 11.3 Å². The smallest absolute Gasteiger partial charge is 0.264 e. The van der Waals surface area contributed by atoms with Crippen LogP contribution >= 0.6 is 11.3 Å². The molecule has 0 bridgehead atoms. The van der Waals surface area contributed by atoms with Crippen molar-refractivity contribution in [3.63, 3.8) is 0 Å². The molecule has 0 unspecified atom stereocenters. The largest absolute Gasteiger partial charge is 0.483 e. The lowest BCUT2D eigenvalue weighted by molar-refractivity contribution is -0.118. The molecule has 2 heterocycles. The first kappa shape index (κ1) is 20.8. The Morgan fingerprint density at radius 1 is 1.20 bits per heavy atom. The van der Waals surface area contributed by atoms with Crippen LogP contribution in [0.3, 0.4) is 0 Å². The normalized spacial score (nSPS) is 15.4. The average Bonchev–Trinajstić information content (AvgIpc) is 3.10. The van der Waals surface area contributed by atoms with Crippen molar-refractivity contribution in [3.05, 3.63) is 53.1 Å². The van der Waals surface area contributed by atoms with Gasteiger partial charge in [0, 0.05) is 6.54 Å². The van der Waals surface area contributed by atoms with E-state index in [9.17, 15) is 4.79 Å². The third-order valence-corrected chi connectivity index (χ3v) is 6.60. The van der Waals surface area contributed by atoms with Crippen molar-refractivity contribution in [1.29, 1.82) is 0 Å². The van der Waals surface area contributed by atoms with Crippen LogP contribution in [0.15, 0.2) is 36.4 Å². The van der Waals surface area contributed by atoms with E-state index < -0.39 is 0 Å². The predicted octanol–water partition coefficient (Wildman–Crippen LogP) is 5.16. The lowest BCUT2D eigenvalue weighted by Gasteiger charge is -2.30. The third kappa shape index (κ3) is 5.18. The number of carbonyl (C=O) groups excluding carboxylic acids is 1. The quantitative estimate of drug-likeness (QED) is 0.595. The molecule has 1 aromatic heterocycles. The molecular weight excluding hydrogens is 394 g/mol. The van der Waals surface area contributed by atoms with Gasteiger partial charge in [0.1, 0.15) is 5.75 Å². The number of rotatable bonds is 6. The van der Waals surface area contributed by atoms with Crippen molar-refractivity contribution in [2.45, 2.75) is 40.2 Å². The number of anilines is 1. The van der Waals surface area contributed by atoms with Gasteiger partial charge in [-0.25, -0.2) is 4.98 Å². The summed E-state index contributed by atoms with van der Waals surface area (Å²) >= 11 is 1.51. The van der Waals surface area contributed by atoms with Gasteiger partial charge in [0.2, 0.25) is 0 Å². The van der Waals surface area contributed by atoms with Crippen molar-refractivity contribution in [1.82, 2.24) is 9.88 Å². The summed E-state index contributed by atoms with van der Waals surface area (Å²) in [5, 5.41) is 3.49. The highest BCUT2D eigenvalue weighted by atomic mass is 32.1. The van der Waals surface area contributed by atoms with Gasteiger partial charge in [-0.15, -0.1) is 0 Å². The number of hydrogen-bond acceptors (Lipinski definition) is 5. The molecule has 1 aliphatic rings. The SMILES string of the molecule is Cc1ccc(OCC(=O)Nc2nc3ccc(CN4CCC(C)CC4)cc3s2)c(C)c1. The van der Waals surface area contributed by atoms with Gasteiger partial charge in [-0.3, -0.25) is 15.0 Å². The zero-order valence-electron chi connectivity index (χ0n) is 17.9. The summed E-state index contributed by atoms with van der Waals surface area (Å²) in [6.45, 7) is 9.65. The highest BCUT2D eigenvalue weighted by Crippen LogP contribution is 2.28. The second kappa shape index (κ2) is 9.14. The Morgan fingerprint density at radius 3 is 2.77 bits per heavy atom. The molecule has 0 saturated carbocycles. The zero-order chi connectivity index (χ0) is 21.1. The van der Waals surface area contributed by atoms with E-state index in [4.69, 9.17) is 4.74 Å². The third-order valence-electron chi connectivity index (χ3n) is 5.67. The van der Waals surface area contributed by atoms with E-state index in [1.165, 1.54) is 48.4 Å². The minimum Gasteiger partial charge on any atom is -0.483 e. The number of amides is 1. The monoisotopic (exact) mass is 423 g/mol. The van der Waals surface area contributed by atoms with Crippen LogP contribution in [0.2, 0.25) is 0 Å². The minimum atomic E-state index is -0.198. The molecule has 0 aliphatic carbocycles. The van der Waals surface area contributed by atoms with Crippen molar-refractivity contribution in [2.75, 3.05) is 25.0 Å². The van der Waals surface area contributed by atoms with Crippen LogP contribution in [0, 0.1) is 19.8 Å². The summed E-state index contributed by atoms with van der Waals surface area (Å²) in [6.07, 6.45) is 2.56. The molecule has 0 spiro atoms. The van der Waals surface area contributed by atoms with Gasteiger partial charge in [-0.2, -0.15) is 0 Å². The van der Waals surface area contributed by atoms with Gasteiger partial charge in [-0.1, -0.05) is 42.0 Å². The summed E-state index contributed by atoms with van der Waals surface area (Å²) in [4.78, 5) is 19.4. The number of nitrogens with one attached hydrogen (secondary N) is 1. The van der Waals surface area contributed by atoms with E-state index in [0.29, 0.717) is 5.13 Å². The first-order valence-corrected chi connectivity index (χ1v) is 11.4. The molecule has 0 radical (unpaired) electrons. The first-order valence-electron chi connectivity index (χ1n) is 10.6. The number of ether oxygens (including phenoxy) is 1. The number of aryl methyl sites for hydroxylation is 2. The fourth-order valence-corrected chi connectivity index (χ4v) is 4.80. The van der Waals surface area contributed by atoms with E-state index in [-0.39, 0.29) is 12.5 Å². The zero-order valence-corrected chi connectivity index (χ0v) is 18.7. The molecule has 158 valence electrons. The van der Waals surface area contributed by atoms with Crippen LogP contribution < -0.4 is 10.1 Å². The molecule has 1 fully saturated rings. The lowest BCUT2D eigenvalue weighted by Crippen LogP contribution is -2.32. The summed E-state index contributed by atoms with van der Waals surface area (Å²) in [5.74, 6) is 1.38. The Hall–Kier alpha value is -2.44. The molecule has 1 N–H and O–H groups in total. The number of fused-ring (bicyclic) bond motifs is 1. The Bertz CT molecular complexity index is 1040. The van der Waals surface area contributed by atoms with Crippen molar-refractivity contribution < 1.29 is 9.53 Å². The molecule has 2 aromatic carbocycles. The molecule has 6 heteroatoms. The number of benzene rings is 2. The van der Waals surface area contributed by atoms with Crippen LogP contribution in [-0.4, -0.2) is 35.5 Å². The van der Waals surface area contributed by atoms with E-state index in [1.807, 2.05) is 32.0 Å². The molecule has 30 heavy (non-hydrogen) atoms. The topological polar surface area (TPSA) is 54.5 Å². The highest BCUT2D eigenvalue weighted by molar-refractivity contribution is 7.22. The Morgan fingerprint density at radius 2 is 2.00 bits per heavy atom. The van der Waals surface area contributed by atoms with Crippen LogP contribution in [0.1, 0.15) is 36.5 Å². The van der Waals surface area contributed by atoms with E-state index >= 15 is 0 Å². The number of piperidine rings is 1. The maximum atomic E-state index is 12.3. The molecular formula is C24H29N3O2S. The van der Waals surface area contributed by atoms with Crippen molar-refractivity contribution in [3.8, 4) is 5.75 Å². The van der Waals surface area contributed by atoms with E-state index in [0.717, 1.165) is 34.0 Å². The van der Waals surface area contributed by atoms with Gasteiger partial charge in [0.25, 0.3) is 5.91 Å². The van der Waals surface area contributed by atoms with E-state index in [1.54, 1.807) is 0 Å². The predicted molar refractivity (Wildman–Crippen MR) is 123 cm³/mol. The van der Waals surface area contributed by atoms with Crippen LogP contribution in [0.4, 0.5) is 5.13 Å². The van der Waals surface area contributed by atoms with Gasteiger partial charge < -0.3 is 4.74 Å². The molecule has 1 amide bonds.